The van der Waals surface area contributed by atoms with E-state index < -0.39 is 0 Å². The molecule has 0 aliphatic heterocycles. The van der Waals surface area contributed by atoms with Gasteiger partial charge in [-0.3, -0.25) is 4.79 Å². The van der Waals surface area contributed by atoms with Crippen LogP contribution in [-0.4, -0.2) is 5.97 Å². The summed E-state index contributed by atoms with van der Waals surface area (Å²) in [5.41, 5.74) is 0. The van der Waals surface area contributed by atoms with Crippen LogP contribution >= 0.6 is 31.9 Å². The highest BCUT2D eigenvalue weighted by molar-refractivity contribution is 9.11. The van der Waals surface area contributed by atoms with Crippen LogP contribution in [0.15, 0.2) is 27.1 Å². The molecule has 1 aromatic rings. The molecule has 12 heavy (non-hydrogen) atoms. The second-order valence-corrected chi connectivity index (χ2v) is 3.94. The van der Waals surface area contributed by atoms with Gasteiger partial charge < -0.3 is 4.74 Å². The van der Waals surface area contributed by atoms with Gasteiger partial charge >= 0.3 is 5.97 Å². The molecule has 0 saturated heterocycles. The second kappa shape index (κ2) is 4.05. The normalized spacial score (nSPS) is 9.58. The summed E-state index contributed by atoms with van der Waals surface area (Å²) in [5, 5.41) is 0. The summed E-state index contributed by atoms with van der Waals surface area (Å²) in [7, 11) is 0. The van der Waals surface area contributed by atoms with E-state index in [1.807, 2.05) is 12.1 Å². The standard InChI is InChI=1S/C8H6Br2O2/c1-5(11)12-8-3-2-6(9)4-7(8)10/h2-4H,1H3. The predicted molar refractivity (Wildman–Crippen MR) is 53.2 cm³/mol. The highest BCUT2D eigenvalue weighted by Gasteiger charge is 2.03. The minimum Gasteiger partial charge on any atom is -0.426 e. The fourth-order valence-electron chi connectivity index (χ4n) is 0.713. The van der Waals surface area contributed by atoms with E-state index in [-0.39, 0.29) is 5.97 Å². The molecule has 1 rings (SSSR count). The number of benzene rings is 1. The maximum atomic E-state index is 10.6. The Morgan fingerprint density at radius 2 is 2.08 bits per heavy atom. The first-order valence-corrected chi connectivity index (χ1v) is 4.81. The molecule has 0 aliphatic carbocycles. The molecule has 0 spiro atoms. The fraction of sp³-hybridized carbons (Fsp3) is 0.125. The number of esters is 1. The van der Waals surface area contributed by atoms with Crippen molar-refractivity contribution < 1.29 is 9.53 Å². The summed E-state index contributed by atoms with van der Waals surface area (Å²) in [4.78, 5) is 10.6. The van der Waals surface area contributed by atoms with Crippen LogP contribution in [0.1, 0.15) is 6.92 Å². The van der Waals surface area contributed by atoms with E-state index in [9.17, 15) is 4.79 Å². The van der Waals surface area contributed by atoms with E-state index >= 15 is 0 Å². The van der Waals surface area contributed by atoms with Crippen molar-refractivity contribution >= 4 is 37.8 Å². The Morgan fingerprint density at radius 1 is 1.42 bits per heavy atom. The van der Waals surface area contributed by atoms with E-state index in [1.165, 1.54) is 6.92 Å². The Hall–Kier alpha value is -0.350. The molecule has 0 amide bonds. The lowest BCUT2D eigenvalue weighted by molar-refractivity contribution is -0.131. The van der Waals surface area contributed by atoms with Crippen LogP contribution in [0, 0.1) is 0 Å². The summed E-state index contributed by atoms with van der Waals surface area (Å²) in [6, 6.07) is 5.34. The number of hydrogen-bond donors (Lipinski definition) is 0. The molecule has 0 aliphatic rings. The maximum Gasteiger partial charge on any atom is 0.308 e. The van der Waals surface area contributed by atoms with Gasteiger partial charge in [-0.25, -0.2) is 0 Å². The van der Waals surface area contributed by atoms with Crippen molar-refractivity contribution in [2.75, 3.05) is 0 Å². The molecular formula is C8H6Br2O2. The molecule has 1 aromatic carbocycles. The zero-order valence-electron chi connectivity index (χ0n) is 6.30. The van der Waals surface area contributed by atoms with E-state index in [2.05, 4.69) is 31.9 Å². The van der Waals surface area contributed by atoms with Crippen molar-refractivity contribution in [3.8, 4) is 5.75 Å². The number of carbonyl (C=O) groups excluding carboxylic acids is 1. The Kier molecular flexibility index (Phi) is 3.29. The van der Waals surface area contributed by atoms with Gasteiger partial charge in [-0.2, -0.15) is 0 Å². The highest BCUT2D eigenvalue weighted by atomic mass is 79.9. The van der Waals surface area contributed by atoms with Gasteiger partial charge in [-0.15, -0.1) is 0 Å². The Labute approximate surface area is 87.2 Å². The third kappa shape index (κ3) is 2.60. The first-order chi connectivity index (χ1) is 5.59. The van der Waals surface area contributed by atoms with Gasteiger partial charge in [0, 0.05) is 11.4 Å². The Bertz CT molecular complexity index is 310. The largest absolute Gasteiger partial charge is 0.426 e. The third-order valence-corrected chi connectivity index (χ3v) is 2.26. The van der Waals surface area contributed by atoms with Crippen molar-refractivity contribution in [1.29, 1.82) is 0 Å². The van der Waals surface area contributed by atoms with Gasteiger partial charge in [0.15, 0.2) is 0 Å². The average molecular weight is 294 g/mol. The van der Waals surface area contributed by atoms with Crippen LogP contribution in [0.25, 0.3) is 0 Å². The van der Waals surface area contributed by atoms with Crippen molar-refractivity contribution in [2.24, 2.45) is 0 Å². The molecule has 0 N–H and O–H groups in total. The van der Waals surface area contributed by atoms with Gasteiger partial charge in [0.25, 0.3) is 0 Å². The SMILES string of the molecule is CC(=O)Oc1ccc(Br)cc1Br. The quantitative estimate of drug-likeness (QED) is 0.587. The summed E-state index contributed by atoms with van der Waals surface area (Å²) in [6.45, 7) is 1.37. The number of ether oxygens (including phenoxy) is 1. The minimum absolute atomic E-state index is 0.321. The van der Waals surface area contributed by atoms with Gasteiger partial charge in [0.05, 0.1) is 4.47 Å². The summed E-state index contributed by atoms with van der Waals surface area (Å²) >= 11 is 6.56. The number of halogens is 2. The molecule has 0 radical (unpaired) electrons. The summed E-state index contributed by atoms with van der Waals surface area (Å²) in [5.74, 6) is 0.212. The second-order valence-electron chi connectivity index (χ2n) is 2.17. The molecule has 2 nitrogen and oxygen atoms in total. The van der Waals surface area contributed by atoms with Gasteiger partial charge in [-0.1, -0.05) is 15.9 Å². The molecule has 0 saturated carbocycles. The third-order valence-electron chi connectivity index (χ3n) is 1.15. The van der Waals surface area contributed by atoms with Crippen LogP contribution in [0.4, 0.5) is 0 Å². The van der Waals surface area contributed by atoms with Crippen LogP contribution in [0.3, 0.4) is 0 Å². The van der Waals surface area contributed by atoms with Crippen molar-refractivity contribution in [3.63, 3.8) is 0 Å². The molecule has 0 bridgehead atoms. The zero-order valence-corrected chi connectivity index (χ0v) is 9.48. The lowest BCUT2D eigenvalue weighted by atomic mass is 10.3. The Morgan fingerprint density at radius 3 is 2.58 bits per heavy atom. The predicted octanol–water partition coefficient (Wildman–Crippen LogP) is 3.14. The molecule has 4 heteroatoms. The number of hydrogen-bond acceptors (Lipinski definition) is 2. The number of carbonyl (C=O) groups is 1. The molecule has 0 fully saturated rings. The first-order valence-electron chi connectivity index (χ1n) is 3.23. The summed E-state index contributed by atoms with van der Waals surface area (Å²) < 4.78 is 6.59. The lowest BCUT2D eigenvalue weighted by Gasteiger charge is -2.03. The fourth-order valence-corrected chi connectivity index (χ4v) is 1.84. The van der Waals surface area contributed by atoms with Gasteiger partial charge in [-0.05, 0) is 34.1 Å². The molecule has 0 aromatic heterocycles. The lowest BCUT2D eigenvalue weighted by Crippen LogP contribution is -2.01. The van der Waals surface area contributed by atoms with Gasteiger partial charge in [0.1, 0.15) is 5.75 Å². The smallest absolute Gasteiger partial charge is 0.308 e. The van der Waals surface area contributed by atoms with Gasteiger partial charge in [0.2, 0.25) is 0 Å². The van der Waals surface area contributed by atoms with E-state index in [1.54, 1.807) is 6.07 Å². The first kappa shape index (κ1) is 9.74. The molecule has 64 valence electrons. The maximum absolute atomic E-state index is 10.6. The van der Waals surface area contributed by atoms with Crippen LogP contribution in [0.2, 0.25) is 0 Å². The summed E-state index contributed by atoms with van der Waals surface area (Å²) in [6.07, 6.45) is 0. The van der Waals surface area contributed by atoms with Crippen molar-refractivity contribution in [1.82, 2.24) is 0 Å². The number of rotatable bonds is 1. The van der Waals surface area contributed by atoms with Crippen molar-refractivity contribution in [3.05, 3.63) is 27.1 Å². The van der Waals surface area contributed by atoms with E-state index in [4.69, 9.17) is 4.74 Å². The molecule has 0 unspecified atom stereocenters. The van der Waals surface area contributed by atoms with Crippen LogP contribution in [-0.2, 0) is 4.79 Å². The minimum atomic E-state index is -0.321. The zero-order chi connectivity index (χ0) is 9.14. The van der Waals surface area contributed by atoms with Crippen molar-refractivity contribution in [2.45, 2.75) is 6.92 Å². The molecule has 0 heterocycles. The van der Waals surface area contributed by atoms with E-state index in [0.29, 0.717) is 5.75 Å². The monoisotopic (exact) mass is 292 g/mol. The van der Waals surface area contributed by atoms with E-state index in [0.717, 1.165) is 8.95 Å². The molecular weight excluding hydrogens is 288 g/mol. The van der Waals surface area contributed by atoms with Crippen LogP contribution in [0.5, 0.6) is 5.75 Å². The Balaban J connectivity index is 2.93. The molecule has 0 atom stereocenters. The topological polar surface area (TPSA) is 26.3 Å². The highest BCUT2D eigenvalue weighted by Crippen LogP contribution is 2.28. The van der Waals surface area contributed by atoms with Crippen LogP contribution < -0.4 is 4.74 Å². The average Bonchev–Trinajstić information content (AvgIpc) is 1.94.